The van der Waals surface area contributed by atoms with E-state index in [9.17, 15) is 50.6 Å². The highest BCUT2D eigenvalue weighted by Gasteiger charge is 2.59. The SMILES string of the molecule is C[C@]1(O)[C@H](OC(=O)C(F)(F)F)[C@@H](COC(=O)C(F)(F)F)O[C@H]1n1c(=O)cc[nH]c1=O. The van der Waals surface area contributed by atoms with E-state index in [1.54, 1.807) is 0 Å². The van der Waals surface area contributed by atoms with Gasteiger partial charge in [-0.25, -0.2) is 19.0 Å². The Morgan fingerprint density at radius 3 is 2.27 bits per heavy atom. The van der Waals surface area contributed by atoms with Gasteiger partial charge < -0.3 is 24.3 Å². The van der Waals surface area contributed by atoms with Gasteiger partial charge >= 0.3 is 30.0 Å². The minimum absolute atomic E-state index is 0.194. The standard InChI is InChI=1S/C14H12F6N2O8/c1-12(27)7(30-10(25)14(18,19)20)5(4-28-9(24)13(15,16)17)29-8(12)22-6(23)2-3-21-11(22)26/h2-3,5,7-8,27H,4H2,1H3,(H,21,26)/t5-,7-,8-,12+/m1/s1. The van der Waals surface area contributed by atoms with Crippen LogP contribution < -0.4 is 11.2 Å². The summed E-state index contributed by atoms with van der Waals surface area (Å²) in [4.78, 5) is 47.9. The molecule has 4 atom stereocenters. The smallest absolute Gasteiger partial charge is 0.456 e. The topological polar surface area (TPSA) is 137 Å². The molecule has 16 heteroatoms. The first kappa shape index (κ1) is 23.4. The van der Waals surface area contributed by atoms with Gasteiger partial charge in [0.1, 0.15) is 18.3 Å². The number of ether oxygens (including phenoxy) is 3. The zero-order valence-corrected chi connectivity index (χ0v) is 14.6. The van der Waals surface area contributed by atoms with Crippen LogP contribution in [0.15, 0.2) is 21.9 Å². The number of nitrogens with one attached hydrogen (secondary N) is 1. The number of carbonyl (C=O) groups excluding carboxylic acids is 2. The number of hydrogen-bond donors (Lipinski definition) is 2. The van der Waals surface area contributed by atoms with Crippen molar-refractivity contribution >= 4 is 11.9 Å². The van der Waals surface area contributed by atoms with Crippen LogP contribution in [-0.2, 0) is 23.8 Å². The molecule has 1 aromatic heterocycles. The third-order valence-electron chi connectivity index (χ3n) is 3.92. The summed E-state index contributed by atoms with van der Waals surface area (Å²) in [5.41, 5.74) is -5.06. The lowest BCUT2D eigenvalue weighted by atomic mass is 9.96. The number of alkyl halides is 6. The Morgan fingerprint density at radius 1 is 1.20 bits per heavy atom. The molecule has 0 aliphatic carbocycles. The van der Waals surface area contributed by atoms with Crippen molar-refractivity contribution in [2.75, 3.05) is 6.61 Å². The molecule has 1 fully saturated rings. The Kier molecular flexibility index (Phi) is 6.04. The number of hydrogen-bond acceptors (Lipinski definition) is 8. The van der Waals surface area contributed by atoms with Crippen LogP contribution in [0.4, 0.5) is 26.3 Å². The summed E-state index contributed by atoms with van der Waals surface area (Å²) >= 11 is 0. The Bertz CT molecular complexity index is 906. The highest BCUT2D eigenvalue weighted by Crippen LogP contribution is 2.40. The van der Waals surface area contributed by atoms with Crippen molar-refractivity contribution in [3.63, 3.8) is 0 Å². The van der Waals surface area contributed by atoms with Crippen LogP contribution in [0.2, 0.25) is 0 Å². The normalized spacial score (nSPS) is 27.0. The van der Waals surface area contributed by atoms with E-state index in [2.05, 4.69) is 9.47 Å². The fourth-order valence-electron chi connectivity index (χ4n) is 2.61. The minimum atomic E-state index is -5.57. The van der Waals surface area contributed by atoms with E-state index < -0.39 is 66.2 Å². The van der Waals surface area contributed by atoms with Crippen LogP contribution in [0.3, 0.4) is 0 Å². The second-order valence-electron chi connectivity index (χ2n) is 6.16. The highest BCUT2D eigenvalue weighted by molar-refractivity contribution is 5.76. The van der Waals surface area contributed by atoms with E-state index >= 15 is 0 Å². The zero-order valence-electron chi connectivity index (χ0n) is 14.6. The van der Waals surface area contributed by atoms with Gasteiger partial charge in [-0.2, -0.15) is 26.3 Å². The second-order valence-corrected chi connectivity index (χ2v) is 6.16. The predicted molar refractivity (Wildman–Crippen MR) is 78.8 cm³/mol. The summed E-state index contributed by atoms with van der Waals surface area (Å²) < 4.78 is 87.8. The summed E-state index contributed by atoms with van der Waals surface area (Å²) in [5.74, 6) is -5.59. The molecule has 2 heterocycles. The van der Waals surface area contributed by atoms with Crippen LogP contribution in [0.5, 0.6) is 0 Å². The molecule has 1 saturated heterocycles. The maximum absolute atomic E-state index is 12.6. The largest absolute Gasteiger partial charge is 0.490 e. The van der Waals surface area contributed by atoms with E-state index in [1.165, 1.54) is 0 Å². The maximum atomic E-state index is 12.6. The molecule has 0 radical (unpaired) electrons. The van der Waals surface area contributed by atoms with Gasteiger partial charge in [-0.1, -0.05) is 0 Å². The molecule has 1 aromatic rings. The molecule has 2 N–H and O–H groups in total. The van der Waals surface area contributed by atoms with Gasteiger partial charge in [-0.3, -0.25) is 4.79 Å². The molecule has 1 aliphatic heterocycles. The van der Waals surface area contributed by atoms with Gasteiger partial charge in [-0.15, -0.1) is 0 Å². The molecule has 30 heavy (non-hydrogen) atoms. The number of nitrogens with zero attached hydrogens (tertiary/aromatic N) is 1. The summed E-state index contributed by atoms with van der Waals surface area (Å²) in [6, 6.07) is 0.772. The molecule has 0 unspecified atom stereocenters. The highest BCUT2D eigenvalue weighted by atomic mass is 19.4. The van der Waals surface area contributed by atoms with Crippen molar-refractivity contribution < 1.29 is 55.2 Å². The number of halogens is 6. The molecule has 2 rings (SSSR count). The average Bonchev–Trinajstić information content (AvgIpc) is 2.82. The van der Waals surface area contributed by atoms with E-state index in [-0.39, 0.29) is 4.57 Å². The lowest BCUT2D eigenvalue weighted by Crippen LogP contribution is -2.52. The predicted octanol–water partition coefficient (Wildman–Crippen LogP) is -0.235. The quantitative estimate of drug-likeness (QED) is 0.474. The fourth-order valence-corrected chi connectivity index (χ4v) is 2.61. The maximum Gasteiger partial charge on any atom is 0.490 e. The van der Waals surface area contributed by atoms with Gasteiger partial charge in [0.15, 0.2) is 12.3 Å². The number of H-pyrrole nitrogens is 1. The van der Waals surface area contributed by atoms with E-state index in [4.69, 9.17) is 4.74 Å². The van der Waals surface area contributed by atoms with Gasteiger partial charge in [0, 0.05) is 12.3 Å². The molecular weight excluding hydrogens is 438 g/mol. The summed E-state index contributed by atoms with van der Waals surface area (Å²) in [6.07, 6.45) is -16.7. The van der Waals surface area contributed by atoms with Crippen LogP contribution >= 0.6 is 0 Å². The average molecular weight is 450 g/mol. The molecule has 1 aliphatic rings. The van der Waals surface area contributed by atoms with Crippen molar-refractivity contribution in [1.29, 1.82) is 0 Å². The van der Waals surface area contributed by atoms with Crippen molar-refractivity contribution in [3.8, 4) is 0 Å². The molecule has 0 saturated carbocycles. The summed E-state index contributed by atoms with van der Waals surface area (Å²) in [7, 11) is 0. The molecule has 0 spiro atoms. The number of rotatable bonds is 4. The van der Waals surface area contributed by atoms with Gasteiger partial charge in [0.25, 0.3) is 5.56 Å². The summed E-state index contributed by atoms with van der Waals surface area (Å²) in [5, 5.41) is 10.6. The number of aromatic amines is 1. The molecular formula is C14H12F6N2O8. The Balaban J connectivity index is 2.42. The number of aromatic nitrogens is 2. The second kappa shape index (κ2) is 7.75. The first-order valence-electron chi connectivity index (χ1n) is 7.76. The molecule has 0 amide bonds. The van der Waals surface area contributed by atoms with Gasteiger partial charge in [0.2, 0.25) is 0 Å². The summed E-state index contributed by atoms with van der Waals surface area (Å²) in [6.45, 7) is -0.725. The van der Waals surface area contributed by atoms with E-state index in [0.29, 0.717) is 6.92 Å². The third-order valence-corrected chi connectivity index (χ3v) is 3.92. The fraction of sp³-hybridized carbons (Fsp3) is 0.571. The van der Waals surface area contributed by atoms with E-state index in [0.717, 1.165) is 12.3 Å². The van der Waals surface area contributed by atoms with Crippen molar-refractivity contribution in [2.24, 2.45) is 0 Å². The van der Waals surface area contributed by atoms with Crippen LogP contribution in [-0.4, -0.2) is 63.4 Å². The Labute approximate surface area is 160 Å². The number of carbonyl (C=O) groups is 2. The van der Waals surface area contributed by atoms with Crippen molar-refractivity contribution in [3.05, 3.63) is 33.1 Å². The molecule has 168 valence electrons. The minimum Gasteiger partial charge on any atom is -0.456 e. The van der Waals surface area contributed by atoms with Crippen LogP contribution in [0, 0.1) is 0 Å². The Hall–Kier alpha value is -2.88. The molecule has 0 aromatic carbocycles. The number of esters is 2. The lowest BCUT2D eigenvalue weighted by molar-refractivity contribution is -0.217. The first-order chi connectivity index (χ1) is 13.6. The van der Waals surface area contributed by atoms with Gasteiger partial charge in [0.05, 0.1) is 0 Å². The van der Waals surface area contributed by atoms with Gasteiger partial charge in [-0.05, 0) is 6.92 Å². The first-order valence-corrected chi connectivity index (χ1v) is 7.76. The number of aliphatic hydroxyl groups is 1. The van der Waals surface area contributed by atoms with Crippen molar-refractivity contribution in [1.82, 2.24) is 9.55 Å². The van der Waals surface area contributed by atoms with E-state index in [1.807, 2.05) is 4.98 Å². The van der Waals surface area contributed by atoms with Crippen molar-refractivity contribution in [2.45, 2.75) is 43.3 Å². The van der Waals surface area contributed by atoms with Crippen LogP contribution in [0.1, 0.15) is 13.2 Å². The molecule has 10 nitrogen and oxygen atoms in total. The Morgan fingerprint density at radius 2 is 1.77 bits per heavy atom. The zero-order chi connectivity index (χ0) is 23.1. The monoisotopic (exact) mass is 450 g/mol. The molecule has 0 bridgehead atoms. The lowest BCUT2D eigenvalue weighted by Gasteiger charge is -2.29. The van der Waals surface area contributed by atoms with Crippen LogP contribution in [0.25, 0.3) is 0 Å². The third kappa shape index (κ3) is 4.64.